The second-order valence-electron chi connectivity index (χ2n) is 14.9. The maximum Gasteiger partial charge on any atom is 0.410 e. The lowest BCUT2D eigenvalue weighted by Gasteiger charge is -2.41. The van der Waals surface area contributed by atoms with Crippen molar-refractivity contribution in [3.8, 4) is 5.69 Å². The average Bonchev–Trinajstić information content (AvgIpc) is 2.92. The second-order valence-corrected chi connectivity index (χ2v) is 20.0. The van der Waals surface area contributed by atoms with Crippen molar-refractivity contribution in [1.82, 2.24) is 24.4 Å². The molecule has 1 fully saturated rings. The monoisotopic (exact) mass is 674 g/mol. The van der Waals surface area contributed by atoms with Crippen molar-refractivity contribution < 1.29 is 18.3 Å². The molecule has 252 valence electrons. The third-order valence-corrected chi connectivity index (χ3v) is 13.6. The number of pyridine rings is 2. The fourth-order valence-corrected chi connectivity index (χ4v) is 6.48. The molecule has 0 aliphatic carbocycles. The van der Waals surface area contributed by atoms with E-state index >= 15 is 4.39 Å². The molecule has 3 aromatic rings. The van der Waals surface area contributed by atoms with E-state index < -0.39 is 31.5 Å². The molecule has 4 rings (SSSR count). The van der Waals surface area contributed by atoms with Crippen LogP contribution in [0, 0.1) is 5.82 Å². The molecule has 0 bridgehead atoms. The number of ether oxygens (including phenoxy) is 1. The topological polar surface area (TPSA) is 103 Å². The molecule has 46 heavy (non-hydrogen) atoms. The Bertz CT molecular complexity index is 1670. The van der Waals surface area contributed by atoms with Crippen molar-refractivity contribution in [3.63, 3.8) is 0 Å². The van der Waals surface area contributed by atoms with E-state index in [4.69, 9.17) is 20.8 Å². The fraction of sp³-hybridized carbons (Fsp3) is 0.606. The van der Waals surface area contributed by atoms with E-state index in [0.29, 0.717) is 49.4 Å². The molecule has 0 radical (unpaired) electrons. The first-order valence-electron chi connectivity index (χ1n) is 15.9. The third kappa shape index (κ3) is 7.55. The molecular weight excluding hydrogens is 627 g/mol. The van der Waals surface area contributed by atoms with Gasteiger partial charge in [-0.05, 0) is 75.9 Å². The summed E-state index contributed by atoms with van der Waals surface area (Å²) in [6.45, 7) is 23.9. The van der Waals surface area contributed by atoms with Crippen LogP contribution in [0.3, 0.4) is 0 Å². The minimum atomic E-state index is -2.02. The zero-order chi connectivity index (χ0) is 34.4. The number of carbonyl (C=O) groups excluding carboxylic acids is 1. The molecular formula is C33H48ClFN6O4Si. The van der Waals surface area contributed by atoms with E-state index in [1.165, 1.54) is 10.6 Å². The standard InChI is InChI=1S/C33H48ClFN6O4Si/c1-20(2)25-26(22(12-14-36-25)13-17-44-46(10,11)33(7,8)9)41-29-23(18-24(35)27(34)37-29)28(38-30(41)42)40-16-15-39(19-21(40)3)31(43)45-32(4,5)6/h12,14,18,20-21H,13,15-17,19H2,1-11H3/t21-/m0/s1. The number of hydrogen-bond donors (Lipinski definition) is 0. The lowest BCUT2D eigenvalue weighted by molar-refractivity contribution is 0.0218. The summed E-state index contributed by atoms with van der Waals surface area (Å²) >= 11 is 6.27. The molecule has 0 saturated carbocycles. The molecule has 0 aromatic carbocycles. The van der Waals surface area contributed by atoms with Crippen molar-refractivity contribution >= 4 is 42.9 Å². The normalized spacial score (nSPS) is 16.4. The van der Waals surface area contributed by atoms with E-state index in [1.807, 2.05) is 52.5 Å². The first kappa shape index (κ1) is 35.8. The van der Waals surface area contributed by atoms with Crippen molar-refractivity contribution in [1.29, 1.82) is 0 Å². The van der Waals surface area contributed by atoms with E-state index in [2.05, 4.69) is 48.8 Å². The lowest BCUT2D eigenvalue weighted by Crippen LogP contribution is -2.55. The van der Waals surface area contributed by atoms with Gasteiger partial charge in [-0.15, -0.1) is 0 Å². The van der Waals surface area contributed by atoms with Crippen molar-refractivity contribution in [2.75, 3.05) is 31.1 Å². The number of carbonyl (C=O) groups is 1. The van der Waals surface area contributed by atoms with Crippen molar-refractivity contribution in [2.45, 2.75) is 104 Å². The zero-order valence-corrected chi connectivity index (χ0v) is 30.8. The van der Waals surface area contributed by atoms with Gasteiger partial charge in [0.05, 0.1) is 16.8 Å². The molecule has 0 unspecified atom stereocenters. The van der Waals surface area contributed by atoms with Crippen LogP contribution < -0.4 is 10.6 Å². The summed E-state index contributed by atoms with van der Waals surface area (Å²) in [7, 11) is -2.02. The quantitative estimate of drug-likeness (QED) is 0.193. The number of amides is 1. The number of nitrogens with zero attached hydrogens (tertiary/aromatic N) is 6. The molecule has 3 aromatic heterocycles. The predicted octanol–water partition coefficient (Wildman–Crippen LogP) is 7.10. The van der Waals surface area contributed by atoms with Gasteiger partial charge in [0.25, 0.3) is 0 Å². The SMILES string of the molecule is CC(C)c1nccc(CCO[Si](C)(C)C(C)(C)C)c1-n1c(=O)nc(N2CCN(C(=O)OC(C)(C)C)C[C@@H]2C)c2cc(F)c(Cl)nc21. The van der Waals surface area contributed by atoms with Gasteiger partial charge >= 0.3 is 11.8 Å². The number of hydrogen-bond acceptors (Lipinski definition) is 8. The highest BCUT2D eigenvalue weighted by Crippen LogP contribution is 2.37. The Morgan fingerprint density at radius 3 is 2.41 bits per heavy atom. The fourth-order valence-electron chi connectivity index (χ4n) is 5.30. The van der Waals surface area contributed by atoms with E-state index in [1.54, 1.807) is 11.1 Å². The maximum absolute atomic E-state index is 15.1. The summed E-state index contributed by atoms with van der Waals surface area (Å²) in [6, 6.07) is 2.91. The Morgan fingerprint density at radius 1 is 1.15 bits per heavy atom. The van der Waals surface area contributed by atoms with Crippen LogP contribution in [-0.4, -0.2) is 76.7 Å². The summed E-state index contributed by atoms with van der Waals surface area (Å²) < 4.78 is 28.6. The summed E-state index contributed by atoms with van der Waals surface area (Å²) in [4.78, 5) is 44.1. The van der Waals surface area contributed by atoms with E-state index in [-0.39, 0.29) is 33.6 Å². The average molecular weight is 675 g/mol. The molecule has 1 amide bonds. The Labute approximate surface area is 277 Å². The molecule has 10 nitrogen and oxygen atoms in total. The van der Waals surface area contributed by atoms with Crippen LogP contribution in [0.25, 0.3) is 16.7 Å². The van der Waals surface area contributed by atoms with Crippen molar-refractivity contribution in [3.05, 3.63) is 51.0 Å². The minimum absolute atomic E-state index is 0.0460. The first-order valence-corrected chi connectivity index (χ1v) is 19.2. The molecule has 1 aliphatic rings. The second kappa shape index (κ2) is 13.2. The van der Waals surface area contributed by atoms with Gasteiger partial charge in [-0.2, -0.15) is 4.98 Å². The number of fused-ring (bicyclic) bond motifs is 1. The molecule has 0 N–H and O–H groups in total. The Hall–Kier alpha value is -3.09. The zero-order valence-electron chi connectivity index (χ0n) is 29.0. The largest absolute Gasteiger partial charge is 0.444 e. The highest BCUT2D eigenvalue weighted by atomic mass is 35.5. The smallest absolute Gasteiger partial charge is 0.410 e. The molecule has 4 heterocycles. The maximum atomic E-state index is 15.1. The van der Waals surface area contributed by atoms with E-state index in [9.17, 15) is 9.59 Å². The third-order valence-electron chi connectivity index (χ3n) is 8.76. The summed E-state index contributed by atoms with van der Waals surface area (Å²) in [5.41, 5.74) is 1.06. The number of aromatic nitrogens is 4. The van der Waals surface area contributed by atoms with Gasteiger partial charge in [0.1, 0.15) is 11.4 Å². The van der Waals surface area contributed by atoms with Crippen LogP contribution >= 0.6 is 11.6 Å². The van der Waals surface area contributed by atoms with E-state index in [0.717, 1.165) is 5.56 Å². The molecule has 1 saturated heterocycles. The highest BCUT2D eigenvalue weighted by molar-refractivity contribution is 6.74. The van der Waals surface area contributed by atoms with Gasteiger partial charge in [0.15, 0.2) is 24.9 Å². The van der Waals surface area contributed by atoms with Crippen LogP contribution in [0.4, 0.5) is 15.0 Å². The van der Waals surface area contributed by atoms with Crippen LogP contribution in [-0.2, 0) is 15.6 Å². The van der Waals surface area contributed by atoms with Gasteiger partial charge in [0.2, 0.25) is 0 Å². The molecule has 1 aliphatic heterocycles. The molecule has 1 atom stereocenters. The predicted molar refractivity (Wildman–Crippen MR) is 183 cm³/mol. The number of halogens is 2. The van der Waals surface area contributed by atoms with Crippen molar-refractivity contribution in [2.24, 2.45) is 0 Å². The summed E-state index contributed by atoms with van der Waals surface area (Å²) in [5.74, 6) is -0.482. The minimum Gasteiger partial charge on any atom is -0.444 e. The lowest BCUT2D eigenvalue weighted by atomic mass is 10.0. The number of rotatable bonds is 7. The van der Waals surface area contributed by atoms with Gasteiger partial charge < -0.3 is 19.0 Å². The Balaban J connectivity index is 1.82. The molecule has 13 heteroatoms. The van der Waals surface area contributed by atoms with Crippen LogP contribution in [0.15, 0.2) is 23.1 Å². The Morgan fingerprint density at radius 2 is 1.83 bits per heavy atom. The van der Waals surface area contributed by atoms with Gasteiger partial charge in [-0.1, -0.05) is 46.2 Å². The first-order chi connectivity index (χ1) is 21.2. The van der Waals surface area contributed by atoms with Gasteiger partial charge in [-0.25, -0.2) is 23.5 Å². The highest BCUT2D eigenvalue weighted by Gasteiger charge is 2.37. The van der Waals surface area contributed by atoms with Crippen LogP contribution in [0.5, 0.6) is 0 Å². The Kier molecular flexibility index (Phi) is 10.3. The molecule has 0 spiro atoms. The summed E-state index contributed by atoms with van der Waals surface area (Å²) in [6.07, 6.45) is 1.86. The van der Waals surface area contributed by atoms with Crippen LogP contribution in [0.2, 0.25) is 23.3 Å². The number of anilines is 1. The van der Waals surface area contributed by atoms with Crippen LogP contribution in [0.1, 0.15) is 79.5 Å². The van der Waals surface area contributed by atoms with Gasteiger partial charge in [-0.3, -0.25) is 4.98 Å². The number of piperazine rings is 1. The summed E-state index contributed by atoms with van der Waals surface area (Å²) in [5, 5.41) is 0.0316. The van der Waals surface area contributed by atoms with Gasteiger partial charge in [0, 0.05) is 38.5 Å².